The van der Waals surface area contributed by atoms with Crippen molar-refractivity contribution in [2.75, 3.05) is 26.2 Å². The van der Waals surface area contributed by atoms with Gasteiger partial charge >= 0.3 is 0 Å². The highest BCUT2D eigenvalue weighted by Gasteiger charge is 2.30. The van der Waals surface area contributed by atoms with E-state index in [9.17, 15) is 12.8 Å². The van der Waals surface area contributed by atoms with Crippen molar-refractivity contribution in [3.63, 3.8) is 0 Å². The molecular formula is C22H25FN6O2S. The minimum atomic E-state index is -3.52. The fraction of sp³-hybridized carbons (Fsp3) is 0.409. The third kappa shape index (κ3) is 4.17. The third-order valence-electron chi connectivity index (χ3n) is 6.24. The van der Waals surface area contributed by atoms with Gasteiger partial charge in [0.25, 0.3) is 0 Å². The summed E-state index contributed by atoms with van der Waals surface area (Å²) in [6, 6.07) is 11.7. The van der Waals surface area contributed by atoms with E-state index in [0.29, 0.717) is 49.1 Å². The summed E-state index contributed by atoms with van der Waals surface area (Å²) in [5.74, 6) is 0.228. The fourth-order valence-electron chi connectivity index (χ4n) is 4.46. The molecule has 0 spiro atoms. The highest BCUT2D eigenvalue weighted by Crippen LogP contribution is 2.26. The van der Waals surface area contributed by atoms with E-state index >= 15 is 0 Å². The first kappa shape index (κ1) is 21.2. The number of fused-ring (bicyclic) bond motifs is 1. The molecule has 10 heteroatoms. The number of rotatable bonds is 5. The van der Waals surface area contributed by atoms with Gasteiger partial charge in [-0.15, -0.1) is 5.10 Å². The van der Waals surface area contributed by atoms with Crippen LogP contribution in [0.2, 0.25) is 0 Å². The van der Waals surface area contributed by atoms with Gasteiger partial charge in [-0.1, -0.05) is 12.1 Å². The topological polar surface area (TPSA) is 84.2 Å². The molecule has 2 aliphatic rings. The summed E-state index contributed by atoms with van der Waals surface area (Å²) >= 11 is 0. The van der Waals surface area contributed by atoms with Crippen LogP contribution in [0, 0.1) is 5.82 Å². The lowest BCUT2D eigenvalue weighted by molar-refractivity contribution is 0.177. The summed E-state index contributed by atoms with van der Waals surface area (Å²) < 4.78 is 43.1. The first-order valence-corrected chi connectivity index (χ1v) is 12.3. The molecule has 0 atom stereocenters. The van der Waals surface area contributed by atoms with Crippen LogP contribution in [0.5, 0.6) is 0 Å². The number of hydrogen-bond donors (Lipinski definition) is 0. The van der Waals surface area contributed by atoms with Gasteiger partial charge in [-0.25, -0.2) is 12.8 Å². The largest absolute Gasteiger partial charge is 0.293 e. The quantitative estimate of drug-likeness (QED) is 0.585. The Morgan fingerprint density at radius 3 is 2.50 bits per heavy atom. The van der Waals surface area contributed by atoms with Gasteiger partial charge in [-0.3, -0.25) is 4.90 Å². The van der Waals surface area contributed by atoms with Crippen molar-refractivity contribution in [1.82, 2.24) is 29.4 Å². The number of aryl methyl sites for hydroxylation is 2. The molecule has 1 aromatic heterocycles. The predicted molar refractivity (Wildman–Crippen MR) is 116 cm³/mol. The van der Waals surface area contributed by atoms with Crippen molar-refractivity contribution < 1.29 is 12.8 Å². The molecule has 0 N–H and O–H groups in total. The zero-order valence-corrected chi connectivity index (χ0v) is 18.5. The van der Waals surface area contributed by atoms with E-state index in [1.807, 2.05) is 12.1 Å². The first-order chi connectivity index (χ1) is 15.5. The Bertz CT molecular complexity index is 1220. The minimum Gasteiger partial charge on any atom is -0.293 e. The van der Waals surface area contributed by atoms with Crippen molar-refractivity contribution in [2.24, 2.45) is 0 Å². The van der Waals surface area contributed by atoms with Gasteiger partial charge in [0.05, 0.1) is 17.1 Å². The molecule has 0 radical (unpaired) electrons. The number of halogens is 1. The smallest absolute Gasteiger partial charge is 0.243 e. The molecule has 5 rings (SSSR count). The van der Waals surface area contributed by atoms with E-state index in [2.05, 4.69) is 20.4 Å². The molecule has 2 aromatic carbocycles. The Morgan fingerprint density at radius 2 is 1.72 bits per heavy atom. The van der Waals surface area contributed by atoms with E-state index < -0.39 is 10.0 Å². The average molecular weight is 457 g/mol. The zero-order chi connectivity index (χ0) is 22.1. The number of aromatic nitrogens is 4. The van der Waals surface area contributed by atoms with Crippen molar-refractivity contribution >= 4 is 10.0 Å². The van der Waals surface area contributed by atoms with Gasteiger partial charge in [-0.2, -0.15) is 8.99 Å². The summed E-state index contributed by atoms with van der Waals surface area (Å²) in [5.41, 5.74) is 3.00. The Labute approximate surface area is 186 Å². The maximum absolute atomic E-state index is 13.6. The molecule has 8 nitrogen and oxygen atoms in total. The van der Waals surface area contributed by atoms with Crippen LogP contribution < -0.4 is 0 Å². The lowest BCUT2D eigenvalue weighted by atomic mass is 9.92. The minimum absolute atomic E-state index is 0.357. The molecular weight excluding hydrogens is 431 g/mol. The van der Waals surface area contributed by atoms with Crippen LogP contribution in [0.3, 0.4) is 0 Å². The monoisotopic (exact) mass is 456 g/mol. The summed E-state index contributed by atoms with van der Waals surface area (Å²) in [6.07, 6.45) is 4.27. The molecule has 0 saturated carbocycles. The van der Waals surface area contributed by atoms with Crippen LogP contribution >= 0.6 is 0 Å². The second-order valence-corrected chi connectivity index (χ2v) is 10.2. The maximum Gasteiger partial charge on any atom is 0.243 e. The van der Waals surface area contributed by atoms with Crippen LogP contribution in [0.15, 0.2) is 47.4 Å². The molecule has 0 bridgehead atoms. The molecule has 1 saturated heterocycles. The SMILES string of the molecule is O=S(=O)(c1ccc2c(c1)CCCC2)N1CCN(Cc2nnnn2-c2cccc(F)c2)CC1. The van der Waals surface area contributed by atoms with Gasteiger partial charge in [0.2, 0.25) is 10.0 Å². The molecule has 1 aliphatic carbocycles. The summed E-state index contributed by atoms with van der Waals surface area (Å²) in [6.45, 7) is 2.40. The van der Waals surface area contributed by atoms with Crippen LogP contribution in [-0.2, 0) is 29.4 Å². The Kier molecular flexibility index (Phi) is 5.75. The van der Waals surface area contributed by atoms with Crippen molar-refractivity contribution in [1.29, 1.82) is 0 Å². The Balaban J connectivity index is 1.26. The third-order valence-corrected chi connectivity index (χ3v) is 8.14. The number of piperazine rings is 1. The van der Waals surface area contributed by atoms with Gasteiger partial charge in [-0.05, 0) is 77.6 Å². The van der Waals surface area contributed by atoms with Crippen molar-refractivity contribution in [3.05, 3.63) is 65.2 Å². The zero-order valence-electron chi connectivity index (χ0n) is 17.7. The van der Waals surface area contributed by atoms with Crippen LogP contribution in [0.4, 0.5) is 4.39 Å². The molecule has 1 aliphatic heterocycles. The van der Waals surface area contributed by atoms with Gasteiger partial charge in [0.1, 0.15) is 5.82 Å². The summed E-state index contributed by atoms with van der Waals surface area (Å²) in [4.78, 5) is 2.50. The average Bonchev–Trinajstić information content (AvgIpc) is 3.27. The molecule has 0 amide bonds. The normalized spacial score (nSPS) is 17.9. The number of sulfonamides is 1. The summed E-state index contributed by atoms with van der Waals surface area (Å²) in [7, 11) is -3.52. The lowest BCUT2D eigenvalue weighted by Gasteiger charge is -2.33. The highest BCUT2D eigenvalue weighted by molar-refractivity contribution is 7.89. The number of nitrogens with zero attached hydrogens (tertiary/aromatic N) is 6. The van der Waals surface area contributed by atoms with E-state index in [4.69, 9.17) is 0 Å². The molecule has 32 heavy (non-hydrogen) atoms. The standard InChI is InChI=1S/C22H25FN6O2S/c23-19-6-3-7-20(15-19)29-22(24-25-26-29)16-27-10-12-28(13-11-27)32(30,31)21-9-8-17-4-1-2-5-18(17)14-21/h3,6-9,14-15H,1-2,4-5,10-13,16H2. The maximum atomic E-state index is 13.6. The van der Waals surface area contributed by atoms with E-state index in [1.54, 1.807) is 22.5 Å². The fourth-order valence-corrected chi connectivity index (χ4v) is 5.93. The second kappa shape index (κ2) is 8.68. The Morgan fingerprint density at radius 1 is 0.938 bits per heavy atom. The predicted octanol–water partition coefficient (Wildman–Crippen LogP) is 2.19. The van der Waals surface area contributed by atoms with Crippen LogP contribution in [0.25, 0.3) is 5.69 Å². The Hall–Kier alpha value is -2.69. The summed E-state index contributed by atoms with van der Waals surface area (Å²) in [5, 5.41) is 11.8. The molecule has 3 aromatic rings. The molecule has 1 fully saturated rings. The molecule has 168 valence electrons. The second-order valence-electron chi connectivity index (χ2n) is 8.30. The number of hydrogen-bond acceptors (Lipinski definition) is 6. The van der Waals surface area contributed by atoms with Gasteiger partial charge in [0.15, 0.2) is 5.82 Å². The number of tetrazole rings is 1. The van der Waals surface area contributed by atoms with E-state index in [0.717, 1.165) is 19.3 Å². The van der Waals surface area contributed by atoms with Crippen molar-refractivity contribution in [3.8, 4) is 5.69 Å². The van der Waals surface area contributed by atoms with Crippen LogP contribution in [-0.4, -0.2) is 64.0 Å². The first-order valence-electron chi connectivity index (χ1n) is 10.9. The molecule has 2 heterocycles. The van der Waals surface area contributed by atoms with E-state index in [1.165, 1.54) is 34.4 Å². The van der Waals surface area contributed by atoms with Crippen molar-refractivity contribution in [2.45, 2.75) is 37.1 Å². The van der Waals surface area contributed by atoms with Gasteiger partial charge in [0, 0.05) is 26.2 Å². The van der Waals surface area contributed by atoms with E-state index in [-0.39, 0.29) is 5.82 Å². The molecule has 0 unspecified atom stereocenters. The van der Waals surface area contributed by atoms with Gasteiger partial charge < -0.3 is 0 Å². The highest BCUT2D eigenvalue weighted by atomic mass is 32.2. The lowest BCUT2D eigenvalue weighted by Crippen LogP contribution is -2.48. The number of benzene rings is 2. The van der Waals surface area contributed by atoms with Crippen LogP contribution in [0.1, 0.15) is 29.8 Å².